The van der Waals surface area contributed by atoms with Crippen LogP contribution in [0, 0.1) is 6.92 Å². The van der Waals surface area contributed by atoms with Crippen molar-refractivity contribution in [3.8, 4) is 0 Å². The van der Waals surface area contributed by atoms with Gasteiger partial charge in [0.05, 0.1) is 11.9 Å². The molecular formula is C30H35BrClN3O4S. The van der Waals surface area contributed by atoms with Gasteiger partial charge in [-0.05, 0) is 67.3 Å². The molecule has 0 bridgehead atoms. The van der Waals surface area contributed by atoms with Crippen LogP contribution in [0.15, 0.2) is 77.3 Å². The summed E-state index contributed by atoms with van der Waals surface area (Å²) in [7, 11) is -3.85. The van der Waals surface area contributed by atoms with Crippen LogP contribution in [0.5, 0.6) is 0 Å². The summed E-state index contributed by atoms with van der Waals surface area (Å²) in [5, 5.41) is 3.48. The van der Waals surface area contributed by atoms with Gasteiger partial charge >= 0.3 is 0 Å². The number of sulfonamides is 1. The Balaban J connectivity index is 2.08. The number of carbonyl (C=O) groups is 2. The summed E-state index contributed by atoms with van der Waals surface area (Å²) in [5.41, 5.74) is 2.64. The fraction of sp³-hybridized carbons (Fsp3) is 0.333. The maximum absolute atomic E-state index is 14.1. The summed E-state index contributed by atoms with van der Waals surface area (Å²) in [6.45, 7) is 5.26. The van der Waals surface area contributed by atoms with E-state index in [2.05, 4.69) is 21.2 Å². The molecular weight excluding hydrogens is 614 g/mol. The second kappa shape index (κ2) is 14.1. The zero-order chi connectivity index (χ0) is 29.4. The molecule has 10 heteroatoms. The lowest BCUT2D eigenvalue weighted by atomic mass is 10.0. The monoisotopic (exact) mass is 647 g/mol. The van der Waals surface area contributed by atoms with E-state index in [1.54, 1.807) is 25.1 Å². The van der Waals surface area contributed by atoms with Gasteiger partial charge in [-0.3, -0.25) is 13.9 Å². The quantitative estimate of drug-likeness (QED) is 0.272. The molecule has 0 heterocycles. The maximum Gasteiger partial charge on any atom is 0.244 e. The van der Waals surface area contributed by atoms with Gasteiger partial charge in [0.25, 0.3) is 0 Å². The Hall–Kier alpha value is -2.88. The minimum atomic E-state index is -3.85. The van der Waals surface area contributed by atoms with E-state index in [0.29, 0.717) is 16.3 Å². The molecule has 2 amide bonds. The van der Waals surface area contributed by atoms with Crippen molar-refractivity contribution in [2.75, 3.05) is 17.1 Å². The number of nitrogens with one attached hydrogen (secondary N) is 1. The third kappa shape index (κ3) is 8.81. The van der Waals surface area contributed by atoms with Gasteiger partial charge in [-0.15, -0.1) is 0 Å². The summed E-state index contributed by atoms with van der Waals surface area (Å²) >= 11 is 9.59. The molecule has 2 unspecified atom stereocenters. The number of rotatable bonds is 12. The van der Waals surface area contributed by atoms with Crippen LogP contribution in [0.25, 0.3) is 0 Å². The van der Waals surface area contributed by atoms with Gasteiger partial charge in [-0.1, -0.05) is 76.9 Å². The van der Waals surface area contributed by atoms with Crippen LogP contribution in [0.2, 0.25) is 5.02 Å². The first-order valence-electron chi connectivity index (χ1n) is 13.0. The van der Waals surface area contributed by atoms with Crippen LogP contribution >= 0.6 is 27.5 Å². The number of hydrogen-bond donors (Lipinski definition) is 1. The van der Waals surface area contributed by atoms with Gasteiger partial charge in [-0.2, -0.15) is 0 Å². The van der Waals surface area contributed by atoms with E-state index >= 15 is 0 Å². The maximum atomic E-state index is 14.1. The standard InChI is InChI=1S/C30H35BrClN3O4S/c1-5-22(3)33-30(37)28(18-23-10-7-6-8-11-23)34(19-24-12-9-13-25(31)17-24)29(36)20-35(40(4,38)39)27-15-14-26(32)16-21(27)2/h6-17,22,28H,5,18-20H2,1-4H3,(H,33,37). The molecule has 3 aromatic rings. The zero-order valence-corrected chi connectivity index (χ0v) is 26.3. The van der Waals surface area contributed by atoms with Crippen molar-refractivity contribution >= 4 is 55.1 Å². The van der Waals surface area contributed by atoms with Gasteiger partial charge in [0, 0.05) is 28.5 Å². The Morgan fingerprint density at radius 2 is 1.68 bits per heavy atom. The molecule has 1 N–H and O–H groups in total. The Morgan fingerprint density at radius 1 is 1.00 bits per heavy atom. The molecule has 214 valence electrons. The van der Waals surface area contributed by atoms with Crippen LogP contribution in [0.3, 0.4) is 0 Å². The van der Waals surface area contributed by atoms with Gasteiger partial charge in [0.1, 0.15) is 12.6 Å². The molecule has 40 heavy (non-hydrogen) atoms. The molecule has 3 rings (SSSR count). The Morgan fingerprint density at radius 3 is 2.27 bits per heavy atom. The molecule has 0 aliphatic carbocycles. The molecule has 0 aliphatic rings. The van der Waals surface area contributed by atoms with Crippen molar-refractivity contribution in [2.24, 2.45) is 0 Å². The van der Waals surface area contributed by atoms with Crippen LogP contribution < -0.4 is 9.62 Å². The molecule has 0 radical (unpaired) electrons. The van der Waals surface area contributed by atoms with Crippen LogP contribution in [0.1, 0.15) is 37.0 Å². The number of aryl methyl sites for hydroxylation is 1. The molecule has 7 nitrogen and oxygen atoms in total. The highest BCUT2D eigenvalue weighted by Gasteiger charge is 2.33. The molecule has 0 spiro atoms. The Labute approximate surface area is 250 Å². The lowest BCUT2D eigenvalue weighted by molar-refractivity contribution is -0.140. The molecule has 0 fully saturated rings. The van der Waals surface area contributed by atoms with Crippen molar-refractivity contribution in [2.45, 2.75) is 52.2 Å². The summed E-state index contributed by atoms with van der Waals surface area (Å²) in [6, 6.07) is 20.8. The van der Waals surface area contributed by atoms with E-state index in [-0.39, 0.29) is 24.9 Å². The highest BCUT2D eigenvalue weighted by molar-refractivity contribution is 9.10. The topological polar surface area (TPSA) is 86.8 Å². The molecule has 0 saturated heterocycles. The SMILES string of the molecule is CCC(C)NC(=O)C(Cc1ccccc1)N(Cc1cccc(Br)c1)C(=O)CN(c1ccc(Cl)cc1C)S(C)(=O)=O. The summed E-state index contributed by atoms with van der Waals surface area (Å²) in [5.74, 6) is -0.796. The van der Waals surface area contributed by atoms with E-state index < -0.39 is 28.5 Å². The first-order valence-corrected chi connectivity index (χ1v) is 16.0. The third-order valence-corrected chi connectivity index (χ3v) is 8.48. The number of amides is 2. The molecule has 2 atom stereocenters. The van der Waals surface area contributed by atoms with Gasteiger partial charge in [-0.25, -0.2) is 8.42 Å². The predicted octanol–water partition coefficient (Wildman–Crippen LogP) is 5.73. The number of hydrogen-bond acceptors (Lipinski definition) is 4. The summed E-state index contributed by atoms with van der Waals surface area (Å²) < 4.78 is 27.8. The minimum absolute atomic E-state index is 0.0992. The Bertz CT molecular complexity index is 1440. The van der Waals surface area contributed by atoms with Crippen molar-refractivity contribution in [1.29, 1.82) is 0 Å². The predicted molar refractivity (Wildman–Crippen MR) is 165 cm³/mol. The van der Waals surface area contributed by atoms with E-state index in [1.807, 2.05) is 68.4 Å². The second-order valence-electron chi connectivity index (χ2n) is 9.88. The molecule has 0 saturated carbocycles. The first kappa shape index (κ1) is 31.6. The van der Waals surface area contributed by atoms with E-state index in [4.69, 9.17) is 11.6 Å². The van der Waals surface area contributed by atoms with Crippen LogP contribution in [-0.2, 0) is 32.6 Å². The molecule has 0 aromatic heterocycles. The van der Waals surface area contributed by atoms with Gasteiger partial charge in [0.15, 0.2) is 0 Å². The van der Waals surface area contributed by atoms with Crippen molar-refractivity contribution in [3.63, 3.8) is 0 Å². The van der Waals surface area contributed by atoms with Crippen LogP contribution in [0.4, 0.5) is 5.69 Å². The average molecular weight is 649 g/mol. The zero-order valence-electron chi connectivity index (χ0n) is 23.1. The second-order valence-corrected chi connectivity index (χ2v) is 13.1. The third-order valence-electron chi connectivity index (χ3n) is 6.62. The van der Waals surface area contributed by atoms with Crippen LogP contribution in [-0.4, -0.2) is 50.0 Å². The first-order chi connectivity index (χ1) is 18.9. The fourth-order valence-electron chi connectivity index (χ4n) is 4.32. The van der Waals surface area contributed by atoms with Crippen molar-refractivity contribution in [3.05, 3.63) is 99.0 Å². The lowest BCUT2D eigenvalue weighted by Crippen LogP contribution is -2.54. The fourth-order valence-corrected chi connectivity index (χ4v) is 5.90. The highest BCUT2D eigenvalue weighted by atomic mass is 79.9. The number of benzene rings is 3. The highest BCUT2D eigenvalue weighted by Crippen LogP contribution is 2.26. The summed E-state index contributed by atoms with van der Waals surface area (Å²) in [4.78, 5) is 29.3. The van der Waals surface area contributed by atoms with Crippen molar-refractivity contribution in [1.82, 2.24) is 10.2 Å². The number of carbonyl (C=O) groups excluding carboxylic acids is 2. The van der Waals surface area contributed by atoms with Gasteiger partial charge in [0.2, 0.25) is 21.8 Å². The number of anilines is 1. The van der Waals surface area contributed by atoms with E-state index in [9.17, 15) is 18.0 Å². The number of halogens is 2. The van der Waals surface area contributed by atoms with E-state index in [1.165, 1.54) is 4.90 Å². The Kier molecular flexibility index (Phi) is 11.2. The smallest absolute Gasteiger partial charge is 0.244 e. The van der Waals surface area contributed by atoms with Crippen molar-refractivity contribution < 1.29 is 18.0 Å². The van der Waals surface area contributed by atoms with E-state index in [0.717, 1.165) is 32.6 Å². The minimum Gasteiger partial charge on any atom is -0.352 e. The lowest BCUT2D eigenvalue weighted by Gasteiger charge is -2.34. The molecule has 0 aliphatic heterocycles. The normalized spacial score (nSPS) is 12.8. The number of nitrogens with zero attached hydrogens (tertiary/aromatic N) is 2. The van der Waals surface area contributed by atoms with Gasteiger partial charge < -0.3 is 10.2 Å². The largest absolute Gasteiger partial charge is 0.352 e. The summed E-state index contributed by atoms with van der Waals surface area (Å²) in [6.07, 6.45) is 2.05. The average Bonchev–Trinajstić information content (AvgIpc) is 2.89. The molecule has 3 aromatic carbocycles.